The fraction of sp³-hybridized carbons (Fsp3) is 0.538. The van der Waals surface area contributed by atoms with Crippen molar-refractivity contribution in [1.82, 2.24) is 10.1 Å². The molecule has 0 radical (unpaired) electrons. The average Bonchev–Trinajstić information content (AvgIpc) is 2.72. The monoisotopic (exact) mass is 232 g/mol. The summed E-state index contributed by atoms with van der Waals surface area (Å²) in [7, 11) is 0. The lowest BCUT2D eigenvalue weighted by molar-refractivity contribution is 0.319. The zero-order chi connectivity index (χ0) is 11.8. The Labute approximate surface area is 100.0 Å². The molecule has 90 valence electrons. The standard InChI is InChI=1S/C13H16N2O2/c1-3-16-12-10-7-5-4-6-9(10)11-8(2)15-17-13(11)14-12/h3-7H2,1-2H3. The SMILES string of the molecule is CCOc1nc2onc(C)c2c2c1CCCC2. The molecule has 17 heavy (non-hydrogen) atoms. The second-order valence-corrected chi connectivity index (χ2v) is 4.46. The number of hydrogen-bond donors (Lipinski definition) is 0. The summed E-state index contributed by atoms with van der Waals surface area (Å²) < 4.78 is 10.9. The Hall–Kier alpha value is -1.58. The molecule has 2 aromatic rings. The van der Waals surface area contributed by atoms with E-state index < -0.39 is 0 Å². The van der Waals surface area contributed by atoms with Crippen LogP contribution in [0.15, 0.2) is 4.52 Å². The first kappa shape index (κ1) is 10.6. The lowest BCUT2D eigenvalue weighted by atomic mass is 9.90. The van der Waals surface area contributed by atoms with Crippen molar-refractivity contribution < 1.29 is 9.26 Å². The molecule has 0 saturated heterocycles. The van der Waals surface area contributed by atoms with Gasteiger partial charge in [0.2, 0.25) is 5.88 Å². The molecule has 2 aromatic heterocycles. The van der Waals surface area contributed by atoms with E-state index in [1.165, 1.54) is 24.0 Å². The molecule has 0 aromatic carbocycles. The van der Waals surface area contributed by atoms with Crippen molar-refractivity contribution in [2.75, 3.05) is 6.61 Å². The van der Waals surface area contributed by atoms with Crippen molar-refractivity contribution in [1.29, 1.82) is 0 Å². The highest BCUT2D eigenvalue weighted by Crippen LogP contribution is 2.35. The van der Waals surface area contributed by atoms with Crippen LogP contribution in [-0.2, 0) is 12.8 Å². The predicted molar refractivity (Wildman–Crippen MR) is 64.4 cm³/mol. The molecule has 4 nitrogen and oxygen atoms in total. The molecule has 1 aliphatic carbocycles. The van der Waals surface area contributed by atoms with Crippen LogP contribution in [0.3, 0.4) is 0 Å². The van der Waals surface area contributed by atoms with Crippen LogP contribution >= 0.6 is 0 Å². The molecule has 0 spiro atoms. The normalized spacial score (nSPS) is 14.9. The van der Waals surface area contributed by atoms with Crippen molar-refractivity contribution in [2.45, 2.75) is 39.5 Å². The van der Waals surface area contributed by atoms with Gasteiger partial charge in [-0.05, 0) is 45.1 Å². The van der Waals surface area contributed by atoms with E-state index in [4.69, 9.17) is 9.26 Å². The number of hydrogen-bond acceptors (Lipinski definition) is 4. The van der Waals surface area contributed by atoms with Gasteiger partial charge >= 0.3 is 0 Å². The second-order valence-electron chi connectivity index (χ2n) is 4.46. The van der Waals surface area contributed by atoms with Crippen molar-refractivity contribution in [3.8, 4) is 5.88 Å². The maximum Gasteiger partial charge on any atom is 0.261 e. The van der Waals surface area contributed by atoms with E-state index in [0.29, 0.717) is 12.3 Å². The molecule has 0 atom stereocenters. The summed E-state index contributed by atoms with van der Waals surface area (Å²) >= 11 is 0. The Bertz CT molecular complexity index is 560. The van der Waals surface area contributed by atoms with Crippen molar-refractivity contribution in [2.24, 2.45) is 0 Å². The van der Waals surface area contributed by atoms with Gasteiger partial charge in [0.1, 0.15) is 0 Å². The van der Waals surface area contributed by atoms with Gasteiger partial charge in [0.25, 0.3) is 5.71 Å². The van der Waals surface area contributed by atoms with E-state index in [-0.39, 0.29) is 0 Å². The Morgan fingerprint density at radius 2 is 2.00 bits per heavy atom. The average molecular weight is 232 g/mol. The van der Waals surface area contributed by atoms with Gasteiger partial charge in [0.05, 0.1) is 17.7 Å². The van der Waals surface area contributed by atoms with Crippen LogP contribution in [0.25, 0.3) is 11.1 Å². The number of nitrogens with zero attached hydrogens (tertiary/aromatic N) is 2. The third kappa shape index (κ3) is 1.59. The van der Waals surface area contributed by atoms with E-state index in [0.717, 1.165) is 29.8 Å². The maximum atomic E-state index is 5.62. The summed E-state index contributed by atoms with van der Waals surface area (Å²) in [6, 6.07) is 0. The summed E-state index contributed by atoms with van der Waals surface area (Å²) in [5.74, 6) is 0.742. The van der Waals surface area contributed by atoms with Gasteiger partial charge in [0.15, 0.2) is 0 Å². The van der Waals surface area contributed by atoms with Crippen LogP contribution in [0.5, 0.6) is 5.88 Å². The summed E-state index contributed by atoms with van der Waals surface area (Å²) in [6.45, 7) is 4.59. The number of pyridine rings is 1. The molecule has 0 bridgehead atoms. The van der Waals surface area contributed by atoms with E-state index in [1.54, 1.807) is 0 Å². The number of aryl methyl sites for hydroxylation is 2. The molecule has 0 fully saturated rings. The largest absolute Gasteiger partial charge is 0.478 e. The number of ether oxygens (including phenoxy) is 1. The van der Waals surface area contributed by atoms with Gasteiger partial charge in [-0.15, -0.1) is 0 Å². The van der Waals surface area contributed by atoms with Gasteiger partial charge in [0, 0.05) is 5.56 Å². The van der Waals surface area contributed by atoms with Crippen LogP contribution in [0.4, 0.5) is 0 Å². The van der Waals surface area contributed by atoms with Gasteiger partial charge in [-0.2, -0.15) is 4.98 Å². The quantitative estimate of drug-likeness (QED) is 0.798. The summed E-state index contributed by atoms with van der Waals surface area (Å²) in [4.78, 5) is 4.45. The first-order chi connectivity index (χ1) is 8.31. The molecule has 0 N–H and O–H groups in total. The highest BCUT2D eigenvalue weighted by molar-refractivity contribution is 5.82. The van der Waals surface area contributed by atoms with E-state index in [9.17, 15) is 0 Å². The molecule has 0 unspecified atom stereocenters. The topological polar surface area (TPSA) is 48.2 Å². The fourth-order valence-corrected chi connectivity index (χ4v) is 2.61. The molecule has 0 amide bonds. The molecule has 4 heteroatoms. The van der Waals surface area contributed by atoms with Crippen LogP contribution in [0.1, 0.15) is 36.6 Å². The Morgan fingerprint density at radius 1 is 1.24 bits per heavy atom. The predicted octanol–water partition coefficient (Wildman–Crippen LogP) is 2.81. The van der Waals surface area contributed by atoms with Crippen molar-refractivity contribution in [3.05, 3.63) is 16.8 Å². The van der Waals surface area contributed by atoms with E-state index in [2.05, 4.69) is 10.1 Å². The van der Waals surface area contributed by atoms with E-state index in [1.807, 2.05) is 13.8 Å². The minimum Gasteiger partial charge on any atom is -0.478 e. The van der Waals surface area contributed by atoms with Gasteiger partial charge in [-0.1, -0.05) is 5.16 Å². The minimum absolute atomic E-state index is 0.617. The Balaban J connectivity index is 2.29. The lowest BCUT2D eigenvalue weighted by Gasteiger charge is -2.18. The summed E-state index contributed by atoms with van der Waals surface area (Å²) in [5.41, 5.74) is 4.15. The molecular weight excluding hydrogens is 216 g/mol. The fourth-order valence-electron chi connectivity index (χ4n) is 2.61. The van der Waals surface area contributed by atoms with Gasteiger partial charge in [-0.25, -0.2) is 0 Å². The third-order valence-electron chi connectivity index (χ3n) is 3.36. The molecule has 0 aliphatic heterocycles. The van der Waals surface area contributed by atoms with Crippen LogP contribution < -0.4 is 4.74 Å². The molecule has 3 rings (SSSR count). The highest BCUT2D eigenvalue weighted by Gasteiger charge is 2.22. The summed E-state index contributed by atoms with van der Waals surface area (Å²) in [6.07, 6.45) is 4.57. The molecular formula is C13H16N2O2. The van der Waals surface area contributed by atoms with Crippen LogP contribution in [0.2, 0.25) is 0 Å². The number of fused-ring (bicyclic) bond motifs is 3. The first-order valence-electron chi connectivity index (χ1n) is 6.21. The number of aromatic nitrogens is 2. The van der Waals surface area contributed by atoms with Crippen molar-refractivity contribution >= 4 is 11.1 Å². The smallest absolute Gasteiger partial charge is 0.261 e. The maximum absolute atomic E-state index is 5.62. The zero-order valence-electron chi connectivity index (χ0n) is 10.2. The first-order valence-corrected chi connectivity index (χ1v) is 6.21. The Kier molecular flexibility index (Phi) is 2.50. The van der Waals surface area contributed by atoms with Gasteiger partial charge in [-0.3, -0.25) is 0 Å². The van der Waals surface area contributed by atoms with Crippen LogP contribution in [0, 0.1) is 6.92 Å². The van der Waals surface area contributed by atoms with Crippen molar-refractivity contribution in [3.63, 3.8) is 0 Å². The second kappa shape index (κ2) is 4.02. The number of rotatable bonds is 2. The lowest BCUT2D eigenvalue weighted by Crippen LogP contribution is -2.08. The molecule has 2 heterocycles. The van der Waals surface area contributed by atoms with Crippen LogP contribution in [-0.4, -0.2) is 16.7 Å². The van der Waals surface area contributed by atoms with Gasteiger partial charge < -0.3 is 9.26 Å². The van der Waals surface area contributed by atoms with E-state index >= 15 is 0 Å². The molecule has 1 aliphatic rings. The minimum atomic E-state index is 0.617. The third-order valence-corrected chi connectivity index (χ3v) is 3.36. The zero-order valence-corrected chi connectivity index (χ0v) is 10.2. The Morgan fingerprint density at radius 3 is 2.76 bits per heavy atom. The molecule has 0 saturated carbocycles. The summed E-state index contributed by atoms with van der Waals surface area (Å²) in [5, 5.41) is 5.11. The highest BCUT2D eigenvalue weighted by atomic mass is 16.5.